The molecule has 0 spiro atoms. The molecule has 1 amide bonds. The molecule has 4 nitrogen and oxygen atoms in total. The molecule has 100 valence electrons. The standard InChI is InChI=1S/C10H11F3N2O2S/c1-15(17-2)9(16)6-18-8-5-14-4-3-7(8)10(11,12)13/h3-5H,6H2,1-2H3. The van der Waals surface area contributed by atoms with Crippen molar-refractivity contribution in [2.75, 3.05) is 19.9 Å². The number of alkyl halides is 3. The summed E-state index contributed by atoms with van der Waals surface area (Å²) in [4.78, 5) is 19.6. The molecule has 0 unspecified atom stereocenters. The number of nitrogens with zero attached hydrogens (tertiary/aromatic N) is 2. The van der Waals surface area contributed by atoms with Crippen molar-refractivity contribution in [1.29, 1.82) is 0 Å². The highest BCUT2D eigenvalue weighted by Crippen LogP contribution is 2.35. The Labute approximate surface area is 106 Å². The van der Waals surface area contributed by atoms with E-state index in [0.717, 1.165) is 35.3 Å². The predicted molar refractivity (Wildman–Crippen MR) is 59.7 cm³/mol. The molecule has 0 aromatic carbocycles. The van der Waals surface area contributed by atoms with Crippen LogP contribution in [0.2, 0.25) is 0 Å². The first-order valence-corrected chi connectivity index (χ1v) is 5.79. The number of hydrogen-bond acceptors (Lipinski definition) is 4. The van der Waals surface area contributed by atoms with Gasteiger partial charge < -0.3 is 0 Å². The van der Waals surface area contributed by atoms with Gasteiger partial charge in [-0.1, -0.05) is 0 Å². The monoisotopic (exact) mass is 280 g/mol. The molecule has 1 heterocycles. The van der Waals surface area contributed by atoms with Crippen LogP contribution in [-0.4, -0.2) is 35.9 Å². The number of aromatic nitrogens is 1. The quantitative estimate of drug-likeness (QED) is 0.626. The molecular weight excluding hydrogens is 269 g/mol. The largest absolute Gasteiger partial charge is 0.417 e. The molecule has 1 aromatic rings. The number of pyridine rings is 1. The topological polar surface area (TPSA) is 42.4 Å². The average molecular weight is 280 g/mol. The van der Waals surface area contributed by atoms with Crippen molar-refractivity contribution in [1.82, 2.24) is 10.0 Å². The van der Waals surface area contributed by atoms with E-state index in [0.29, 0.717) is 0 Å². The number of carbonyl (C=O) groups excluding carboxylic acids is 1. The van der Waals surface area contributed by atoms with Gasteiger partial charge >= 0.3 is 6.18 Å². The zero-order chi connectivity index (χ0) is 13.8. The van der Waals surface area contributed by atoms with E-state index < -0.39 is 17.6 Å². The number of halogens is 3. The van der Waals surface area contributed by atoms with Crippen molar-refractivity contribution in [3.8, 4) is 0 Å². The van der Waals surface area contributed by atoms with Gasteiger partial charge in [0.05, 0.1) is 18.4 Å². The van der Waals surface area contributed by atoms with Crippen molar-refractivity contribution in [2.45, 2.75) is 11.1 Å². The van der Waals surface area contributed by atoms with Crippen molar-refractivity contribution in [3.05, 3.63) is 24.0 Å². The molecule has 0 radical (unpaired) electrons. The van der Waals surface area contributed by atoms with Crippen molar-refractivity contribution < 1.29 is 22.8 Å². The summed E-state index contributed by atoms with van der Waals surface area (Å²) in [6.45, 7) is 0. The van der Waals surface area contributed by atoms with E-state index in [4.69, 9.17) is 0 Å². The molecule has 1 aromatic heterocycles. The third-order valence-electron chi connectivity index (χ3n) is 2.07. The molecule has 1 rings (SSSR count). The summed E-state index contributed by atoms with van der Waals surface area (Å²) in [5.74, 6) is -0.585. The SMILES string of the molecule is CON(C)C(=O)CSc1cnccc1C(F)(F)F. The summed E-state index contributed by atoms with van der Waals surface area (Å²) in [6.07, 6.45) is -2.30. The fraction of sp³-hybridized carbons (Fsp3) is 0.400. The summed E-state index contributed by atoms with van der Waals surface area (Å²) >= 11 is 0.772. The maximum absolute atomic E-state index is 12.6. The van der Waals surface area contributed by atoms with Crippen LogP contribution in [0.4, 0.5) is 13.2 Å². The summed E-state index contributed by atoms with van der Waals surface area (Å²) in [5, 5.41) is 0.955. The van der Waals surface area contributed by atoms with Gasteiger partial charge in [0.15, 0.2) is 0 Å². The molecule has 0 bridgehead atoms. The van der Waals surface area contributed by atoms with Gasteiger partial charge in [-0.15, -0.1) is 11.8 Å². The Kier molecular flexibility index (Phi) is 4.97. The lowest BCUT2D eigenvalue weighted by molar-refractivity contribution is -0.165. The molecule has 0 atom stereocenters. The van der Waals surface area contributed by atoms with Gasteiger partial charge in [0, 0.05) is 24.3 Å². The zero-order valence-corrected chi connectivity index (χ0v) is 10.5. The van der Waals surface area contributed by atoms with Crippen LogP contribution < -0.4 is 0 Å². The van der Waals surface area contributed by atoms with Crippen LogP contribution in [-0.2, 0) is 15.8 Å². The number of carbonyl (C=O) groups is 1. The Morgan fingerprint density at radius 1 is 1.56 bits per heavy atom. The fourth-order valence-electron chi connectivity index (χ4n) is 1.06. The van der Waals surface area contributed by atoms with Crippen LogP contribution in [0.25, 0.3) is 0 Å². The summed E-state index contributed by atoms with van der Waals surface area (Å²) in [5.41, 5.74) is -0.796. The van der Waals surface area contributed by atoms with Gasteiger partial charge in [0.25, 0.3) is 5.91 Å². The highest BCUT2D eigenvalue weighted by Gasteiger charge is 2.33. The van der Waals surface area contributed by atoms with Crippen molar-refractivity contribution in [2.24, 2.45) is 0 Å². The lowest BCUT2D eigenvalue weighted by atomic mass is 10.3. The molecule has 18 heavy (non-hydrogen) atoms. The van der Waals surface area contributed by atoms with Crippen LogP contribution in [0, 0.1) is 0 Å². The number of hydroxylamine groups is 2. The molecule has 0 N–H and O–H groups in total. The van der Waals surface area contributed by atoms with Crippen LogP contribution in [0.3, 0.4) is 0 Å². The normalized spacial score (nSPS) is 11.4. The number of amides is 1. The first-order chi connectivity index (χ1) is 8.36. The molecular formula is C10H11F3N2O2S. The van der Waals surface area contributed by atoms with Crippen LogP contribution >= 0.6 is 11.8 Å². The van der Waals surface area contributed by atoms with Crippen LogP contribution in [0.1, 0.15) is 5.56 Å². The lowest BCUT2D eigenvalue weighted by Gasteiger charge is -2.14. The van der Waals surface area contributed by atoms with E-state index in [1.165, 1.54) is 14.2 Å². The second-order valence-corrected chi connectivity index (χ2v) is 4.25. The Morgan fingerprint density at radius 2 is 2.22 bits per heavy atom. The van der Waals surface area contributed by atoms with E-state index in [1.54, 1.807) is 0 Å². The van der Waals surface area contributed by atoms with Gasteiger partial charge in [0.1, 0.15) is 0 Å². The predicted octanol–water partition coefficient (Wildman–Crippen LogP) is 2.21. The minimum atomic E-state index is -4.46. The van der Waals surface area contributed by atoms with E-state index >= 15 is 0 Å². The zero-order valence-electron chi connectivity index (χ0n) is 9.69. The first kappa shape index (κ1) is 14.8. The van der Waals surface area contributed by atoms with Gasteiger partial charge in [-0.2, -0.15) is 13.2 Å². The molecule has 0 saturated heterocycles. The van der Waals surface area contributed by atoms with Crippen molar-refractivity contribution in [3.63, 3.8) is 0 Å². The van der Waals surface area contributed by atoms with E-state index in [-0.39, 0.29) is 10.6 Å². The highest BCUT2D eigenvalue weighted by molar-refractivity contribution is 8.00. The maximum atomic E-state index is 12.6. The second kappa shape index (κ2) is 6.05. The average Bonchev–Trinajstić information content (AvgIpc) is 2.34. The van der Waals surface area contributed by atoms with E-state index in [2.05, 4.69) is 9.82 Å². The smallest absolute Gasteiger partial charge is 0.275 e. The summed E-state index contributed by atoms with van der Waals surface area (Å²) in [6, 6.07) is 0.882. The highest BCUT2D eigenvalue weighted by atomic mass is 32.2. The second-order valence-electron chi connectivity index (χ2n) is 3.23. The lowest BCUT2D eigenvalue weighted by Crippen LogP contribution is -2.27. The third kappa shape index (κ3) is 3.88. The molecule has 0 fully saturated rings. The van der Waals surface area contributed by atoms with E-state index in [9.17, 15) is 18.0 Å². The third-order valence-corrected chi connectivity index (χ3v) is 3.09. The van der Waals surface area contributed by atoms with Gasteiger partial charge in [-0.25, -0.2) is 5.06 Å². The first-order valence-electron chi connectivity index (χ1n) is 4.81. The maximum Gasteiger partial charge on any atom is 0.417 e. The number of hydrogen-bond donors (Lipinski definition) is 0. The Bertz CT molecular complexity index is 426. The minimum absolute atomic E-state index is 0.0807. The van der Waals surface area contributed by atoms with E-state index in [1.807, 2.05) is 0 Å². The molecule has 0 aliphatic carbocycles. The van der Waals surface area contributed by atoms with Gasteiger partial charge in [-0.3, -0.25) is 14.6 Å². The van der Waals surface area contributed by atoms with Crippen LogP contribution in [0.5, 0.6) is 0 Å². The number of rotatable bonds is 4. The Hall–Kier alpha value is -1.28. The minimum Gasteiger partial charge on any atom is -0.275 e. The molecule has 0 aliphatic rings. The van der Waals surface area contributed by atoms with Gasteiger partial charge in [0.2, 0.25) is 0 Å². The van der Waals surface area contributed by atoms with Crippen molar-refractivity contribution >= 4 is 17.7 Å². The molecule has 8 heteroatoms. The van der Waals surface area contributed by atoms with Crippen LogP contribution in [0.15, 0.2) is 23.4 Å². The molecule has 0 aliphatic heterocycles. The molecule has 0 saturated carbocycles. The Balaban J connectivity index is 2.77. The van der Waals surface area contributed by atoms with Gasteiger partial charge in [-0.05, 0) is 6.07 Å². The number of thioether (sulfide) groups is 1. The summed E-state index contributed by atoms with van der Waals surface area (Å²) in [7, 11) is 2.69. The Morgan fingerprint density at radius 3 is 2.78 bits per heavy atom. The fourth-order valence-corrected chi connectivity index (χ4v) is 2.00. The summed E-state index contributed by atoms with van der Waals surface area (Å²) < 4.78 is 37.9.